The number of aliphatic hydroxyl groups is 1. The van der Waals surface area contributed by atoms with Gasteiger partial charge in [-0.2, -0.15) is 0 Å². The number of ether oxygens (including phenoxy) is 1. The van der Waals surface area contributed by atoms with Crippen molar-refractivity contribution in [3.63, 3.8) is 0 Å². The Labute approximate surface area is 116 Å². The van der Waals surface area contributed by atoms with E-state index in [1.807, 2.05) is 6.92 Å². The van der Waals surface area contributed by atoms with E-state index in [4.69, 9.17) is 4.74 Å². The highest BCUT2D eigenvalue weighted by Gasteiger charge is 2.11. The van der Waals surface area contributed by atoms with Gasteiger partial charge in [0, 0.05) is 24.6 Å². The van der Waals surface area contributed by atoms with Crippen LogP contribution in [0.3, 0.4) is 0 Å². The van der Waals surface area contributed by atoms with E-state index in [1.165, 1.54) is 4.88 Å². The van der Waals surface area contributed by atoms with Crippen LogP contribution in [0.2, 0.25) is 0 Å². The van der Waals surface area contributed by atoms with Crippen molar-refractivity contribution in [3.05, 3.63) is 20.8 Å². The van der Waals surface area contributed by atoms with Crippen LogP contribution in [0.15, 0.2) is 15.9 Å². The maximum absolute atomic E-state index is 9.79. The molecule has 0 aliphatic heterocycles. The van der Waals surface area contributed by atoms with E-state index in [-0.39, 0.29) is 0 Å². The number of hydrogen-bond donors (Lipinski definition) is 1. The van der Waals surface area contributed by atoms with E-state index < -0.39 is 6.10 Å². The third kappa shape index (κ3) is 5.97. The van der Waals surface area contributed by atoms with Crippen LogP contribution < -0.4 is 0 Å². The zero-order chi connectivity index (χ0) is 12.7. The van der Waals surface area contributed by atoms with Gasteiger partial charge in [-0.25, -0.2) is 0 Å². The Balaban J connectivity index is 2.37. The monoisotopic (exact) mass is 321 g/mol. The van der Waals surface area contributed by atoms with Crippen molar-refractivity contribution < 1.29 is 9.84 Å². The average Bonchev–Trinajstić information content (AvgIpc) is 2.71. The predicted molar refractivity (Wildman–Crippen MR) is 75.5 cm³/mol. The Morgan fingerprint density at radius 1 is 1.47 bits per heavy atom. The summed E-state index contributed by atoms with van der Waals surface area (Å²) in [5.74, 6) is 0. The van der Waals surface area contributed by atoms with Gasteiger partial charge in [0.15, 0.2) is 0 Å². The van der Waals surface area contributed by atoms with E-state index in [0.29, 0.717) is 19.8 Å². The second-order valence-electron chi connectivity index (χ2n) is 3.85. The first-order valence-electron chi connectivity index (χ1n) is 5.88. The third-order valence-electron chi connectivity index (χ3n) is 2.44. The van der Waals surface area contributed by atoms with Gasteiger partial charge in [-0.3, -0.25) is 4.90 Å². The van der Waals surface area contributed by atoms with Crippen molar-refractivity contribution in [3.8, 4) is 0 Å². The lowest BCUT2D eigenvalue weighted by atomic mass is 10.3. The number of halogens is 1. The largest absolute Gasteiger partial charge is 0.389 e. The molecule has 1 atom stereocenters. The van der Waals surface area contributed by atoms with Crippen LogP contribution >= 0.6 is 27.3 Å². The number of aliphatic hydroxyl groups excluding tert-OH is 1. The minimum atomic E-state index is -0.404. The van der Waals surface area contributed by atoms with Crippen LogP contribution in [0.1, 0.15) is 18.7 Å². The highest BCUT2D eigenvalue weighted by molar-refractivity contribution is 9.11. The maximum Gasteiger partial charge on any atom is 0.0900 e. The highest BCUT2D eigenvalue weighted by Crippen LogP contribution is 2.23. The van der Waals surface area contributed by atoms with Gasteiger partial charge in [0.2, 0.25) is 0 Å². The zero-order valence-electron chi connectivity index (χ0n) is 10.4. The Kier molecular flexibility index (Phi) is 7.30. The second kappa shape index (κ2) is 8.21. The summed E-state index contributed by atoms with van der Waals surface area (Å²) in [5, 5.41) is 9.79. The summed E-state index contributed by atoms with van der Waals surface area (Å²) in [5.41, 5.74) is 0. The zero-order valence-corrected chi connectivity index (χ0v) is 12.8. The lowest BCUT2D eigenvalue weighted by Crippen LogP contribution is -2.34. The third-order valence-corrected chi connectivity index (χ3v) is 4.05. The highest BCUT2D eigenvalue weighted by atomic mass is 79.9. The topological polar surface area (TPSA) is 32.7 Å². The minimum Gasteiger partial charge on any atom is -0.389 e. The summed E-state index contributed by atoms with van der Waals surface area (Å²) in [6, 6.07) is 4.18. The molecular formula is C12H20BrNO2S. The molecule has 0 aliphatic carbocycles. The average molecular weight is 322 g/mol. The van der Waals surface area contributed by atoms with Crippen LogP contribution in [-0.2, 0) is 11.3 Å². The smallest absolute Gasteiger partial charge is 0.0900 e. The second-order valence-corrected chi connectivity index (χ2v) is 6.39. The molecule has 0 aromatic carbocycles. The first-order chi connectivity index (χ1) is 8.15. The number of hydrogen-bond acceptors (Lipinski definition) is 4. The number of rotatable bonds is 8. The SMILES string of the molecule is CCOC[C@H](O)CN(CC)Cc1ccc(Br)s1. The molecule has 0 saturated carbocycles. The molecule has 0 spiro atoms. The van der Waals surface area contributed by atoms with Gasteiger partial charge >= 0.3 is 0 Å². The summed E-state index contributed by atoms with van der Waals surface area (Å²) >= 11 is 5.20. The van der Waals surface area contributed by atoms with Crippen molar-refractivity contribution in [2.24, 2.45) is 0 Å². The van der Waals surface area contributed by atoms with Gasteiger partial charge in [-0.15, -0.1) is 11.3 Å². The van der Waals surface area contributed by atoms with E-state index in [0.717, 1.165) is 16.9 Å². The van der Waals surface area contributed by atoms with Gasteiger partial charge in [-0.1, -0.05) is 6.92 Å². The van der Waals surface area contributed by atoms with Crippen LogP contribution in [-0.4, -0.2) is 42.4 Å². The van der Waals surface area contributed by atoms with Gasteiger partial charge in [0.1, 0.15) is 0 Å². The van der Waals surface area contributed by atoms with Crippen molar-refractivity contribution in [1.29, 1.82) is 0 Å². The van der Waals surface area contributed by atoms with Crippen molar-refractivity contribution in [2.45, 2.75) is 26.5 Å². The Bertz CT molecular complexity index is 319. The molecule has 1 N–H and O–H groups in total. The van der Waals surface area contributed by atoms with Crippen LogP contribution in [0, 0.1) is 0 Å². The molecule has 0 radical (unpaired) electrons. The fraction of sp³-hybridized carbons (Fsp3) is 0.667. The molecule has 0 fully saturated rings. The molecule has 1 rings (SSSR count). The Morgan fingerprint density at radius 2 is 2.24 bits per heavy atom. The molecule has 17 heavy (non-hydrogen) atoms. The van der Waals surface area contributed by atoms with Crippen molar-refractivity contribution >= 4 is 27.3 Å². The summed E-state index contributed by atoms with van der Waals surface area (Å²) in [6.07, 6.45) is -0.404. The number of nitrogens with zero attached hydrogens (tertiary/aromatic N) is 1. The quantitative estimate of drug-likeness (QED) is 0.799. The fourth-order valence-electron chi connectivity index (χ4n) is 1.57. The molecule has 0 unspecified atom stereocenters. The van der Waals surface area contributed by atoms with Gasteiger partial charge in [0.05, 0.1) is 16.5 Å². The van der Waals surface area contributed by atoms with Gasteiger partial charge < -0.3 is 9.84 Å². The maximum atomic E-state index is 9.79. The van der Waals surface area contributed by atoms with Crippen LogP contribution in [0.5, 0.6) is 0 Å². The predicted octanol–water partition coefficient (Wildman–Crippen LogP) is 2.73. The van der Waals surface area contributed by atoms with E-state index in [2.05, 4.69) is 39.9 Å². The number of likely N-dealkylation sites (N-methyl/N-ethyl adjacent to an activating group) is 1. The van der Waals surface area contributed by atoms with E-state index >= 15 is 0 Å². The molecule has 0 bridgehead atoms. The summed E-state index contributed by atoms with van der Waals surface area (Å²) in [7, 11) is 0. The molecule has 0 saturated heterocycles. The Hall–Kier alpha value is 0.0600. The lowest BCUT2D eigenvalue weighted by Gasteiger charge is -2.22. The molecular weight excluding hydrogens is 302 g/mol. The molecule has 0 amide bonds. The van der Waals surface area contributed by atoms with Crippen LogP contribution in [0.4, 0.5) is 0 Å². The lowest BCUT2D eigenvalue weighted by molar-refractivity contribution is 0.0208. The standard InChI is InChI=1S/C12H20BrNO2S/c1-3-14(7-10(15)9-16-4-2)8-11-5-6-12(13)17-11/h5-6,10,15H,3-4,7-9H2,1-2H3/t10-/m1/s1. The van der Waals surface area contributed by atoms with Crippen molar-refractivity contribution in [2.75, 3.05) is 26.3 Å². The Morgan fingerprint density at radius 3 is 2.76 bits per heavy atom. The van der Waals surface area contributed by atoms with Crippen molar-refractivity contribution in [1.82, 2.24) is 4.90 Å². The van der Waals surface area contributed by atoms with Gasteiger partial charge in [-0.05, 0) is 41.5 Å². The van der Waals surface area contributed by atoms with Crippen LogP contribution in [0.25, 0.3) is 0 Å². The molecule has 5 heteroatoms. The molecule has 98 valence electrons. The number of thiophene rings is 1. The van der Waals surface area contributed by atoms with E-state index in [9.17, 15) is 5.11 Å². The minimum absolute atomic E-state index is 0.404. The van der Waals surface area contributed by atoms with Gasteiger partial charge in [0.25, 0.3) is 0 Å². The molecule has 0 aliphatic rings. The fourth-order valence-corrected chi connectivity index (χ4v) is 3.09. The molecule has 1 aromatic heterocycles. The molecule has 3 nitrogen and oxygen atoms in total. The van der Waals surface area contributed by atoms with E-state index in [1.54, 1.807) is 11.3 Å². The molecule has 1 aromatic rings. The summed E-state index contributed by atoms with van der Waals surface area (Å²) < 4.78 is 6.36. The molecule has 1 heterocycles. The first-order valence-corrected chi connectivity index (χ1v) is 7.49. The summed E-state index contributed by atoms with van der Waals surface area (Å²) in [4.78, 5) is 3.53. The first kappa shape index (κ1) is 15.1. The normalized spacial score (nSPS) is 13.2. The summed E-state index contributed by atoms with van der Waals surface area (Å²) in [6.45, 7) is 7.59.